The molecule has 4 atom stereocenters. The number of aliphatic hydroxyl groups is 1. The Balaban J connectivity index is 1.48. The third-order valence-corrected chi connectivity index (χ3v) is 6.83. The fourth-order valence-electron chi connectivity index (χ4n) is 5.96. The molecular formula is C18H27FN4O. The van der Waals surface area contributed by atoms with Crippen LogP contribution in [0, 0.1) is 29.2 Å². The second-order valence-corrected chi connectivity index (χ2v) is 8.52. The van der Waals surface area contributed by atoms with Crippen LogP contribution in [-0.2, 0) is 0 Å². The monoisotopic (exact) mass is 334 g/mol. The van der Waals surface area contributed by atoms with Gasteiger partial charge in [0.05, 0.1) is 11.6 Å². The molecule has 132 valence electrons. The quantitative estimate of drug-likeness (QED) is 0.469. The van der Waals surface area contributed by atoms with E-state index in [9.17, 15) is 9.50 Å². The molecule has 1 heterocycles. The number of nitrogens with zero attached hydrogens (tertiary/aromatic N) is 3. The fourth-order valence-corrected chi connectivity index (χ4v) is 5.96. The molecular weight excluding hydrogens is 307 g/mol. The van der Waals surface area contributed by atoms with Crippen LogP contribution in [0.4, 0.5) is 4.39 Å². The topological polar surface area (TPSA) is 71.6 Å². The predicted molar refractivity (Wildman–Crippen MR) is 89.0 cm³/mol. The van der Waals surface area contributed by atoms with E-state index in [-0.39, 0.29) is 6.04 Å². The zero-order valence-corrected chi connectivity index (χ0v) is 14.3. The lowest BCUT2D eigenvalue weighted by Crippen LogP contribution is -2.63. The lowest BCUT2D eigenvalue weighted by atomic mass is 9.52. The number of likely N-dealkylation sites (tertiary alicyclic amines) is 1. The highest BCUT2D eigenvalue weighted by Crippen LogP contribution is 2.55. The van der Waals surface area contributed by atoms with Gasteiger partial charge >= 0.3 is 0 Å². The molecule has 4 bridgehead atoms. The van der Waals surface area contributed by atoms with Crippen molar-refractivity contribution in [3.8, 4) is 6.19 Å². The number of halogens is 1. The lowest BCUT2D eigenvalue weighted by Gasteiger charge is -2.58. The summed E-state index contributed by atoms with van der Waals surface area (Å²) in [5, 5.41) is 23.4. The molecule has 24 heavy (non-hydrogen) atoms. The zero-order valence-electron chi connectivity index (χ0n) is 14.3. The molecule has 4 aliphatic carbocycles. The number of alkyl halides is 1. The van der Waals surface area contributed by atoms with E-state index in [1.165, 1.54) is 12.8 Å². The Kier molecular flexibility index (Phi) is 4.04. The molecule has 5 fully saturated rings. The summed E-state index contributed by atoms with van der Waals surface area (Å²) < 4.78 is 13.5. The first-order valence-corrected chi connectivity index (χ1v) is 9.31. The van der Waals surface area contributed by atoms with Crippen LogP contribution in [0.1, 0.15) is 45.4 Å². The van der Waals surface area contributed by atoms with E-state index >= 15 is 0 Å². The van der Waals surface area contributed by atoms with Crippen LogP contribution in [0.2, 0.25) is 0 Å². The zero-order chi connectivity index (χ0) is 16.9. The summed E-state index contributed by atoms with van der Waals surface area (Å²) in [7, 11) is 0. The van der Waals surface area contributed by atoms with Crippen molar-refractivity contribution >= 4 is 5.84 Å². The number of amidine groups is 1. The molecule has 0 radical (unpaired) electrons. The van der Waals surface area contributed by atoms with Crippen molar-refractivity contribution in [1.82, 2.24) is 10.2 Å². The molecule has 4 saturated carbocycles. The van der Waals surface area contributed by atoms with Crippen molar-refractivity contribution in [3.05, 3.63) is 0 Å². The Bertz CT molecular complexity index is 558. The molecule has 0 aromatic carbocycles. The number of rotatable bonds is 3. The summed E-state index contributed by atoms with van der Waals surface area (Å²) in [6, 6.07) is 0.228. The van der Waals surface area contributed by atoms with Crippen molar-refractivity contribution in [3.63, 3.8) is 0 Å². The van der Waals surface area contributed by atoms with Crippen molar-refractivity contribution < 1.29 is 9.50 Å². The minimum Gasteiger partial charge on any atom is -0.390 e. The van der Waals surface area contributed by atoms with Crippen LogP contribution in [0.25, 0.3) is 0 Å². The molecule has 1 saturated heterocycles. The first kappa shape index (κ1) is 16.3. The van der Waals surface area contributed by atoms with E-state index in [0.29, 0.717) is 49.1 Å². The average Bonchev–Trinajstić information content (AvgIpc) is 2.94. The summed E-state index contributed by atoms with van der Waals surface area (Å²) in [4.78, 5) is 6.11. The van der Waals surface area contributed by atoms with Gasteiger partial charge in [0.2, 0.25) is 6.19 Å². The Morgan fingerprint density at radius 2 is 2.08 bits per heavy atom. The predicted octanol–water partition coefficient (Wildman–Crippen LogP) is 1.83. The van der Waals surface area contributed by atoms with Crippen LogP contribution >= 0.6 is 0 Å². The van der Waals surface area contributed by atoms with Gasteiger partial charge in [-0.3, -0.25) is 4.90 Å². The third kappa shape index (κ3) is 2.82. The summed E-state index contributed by atoms with van der Waals surface area (Å²) >= 11 is 0. The first-order valence-electron chi connectivity index (χ1n) is 9.31. The molecule has 5 nitrogen and oxygen atoms in total. The molecule has 2 N–H and O–H groups in total. The molecule has 0 amide bonds. The molecule has 5 rings (SSSR count). The Labute approximate surface area is 142 Å². The molecule has 0 aromatic rings. The summed E-state index contributed by atoms with van der Waals surface area (Å²) in [5.41, 5.74) is -0.455. The number of nitrogens with one attached hydrogen (secondary N) is 1. The number of hydrogen-bond donors (Lipinski definition) is 2. The van der Waals surface area contributed by atoms with Crippen molar-refractivity contribution in [1.29, 1.82) is 5.26 Å². The Hall–Kier alpha value is -1.19. The van der Waals surface area contributed by atoms with E-state index in [1.807, 2.05) is 13.1 Å². The molecule has 0 spiro atoms. The van der Waals surface area contributed by atoms with Gasteiger partial charge in [0.1, 0.15) is 12.0 Å². The van der Waals surface area contributed by atoms with E-state index in [4.69, 9.17) is 5.26 Å². The molecule has 5 aliphatic rings. The van der Waals surface area contributed by atoms with Crippen LogP contribution < -0.4 is 5.32 Å². The Morgan fingerprint density at radius 3 is 2.62 bits per heavy atom. The van der Waals surface area contributed by atoms with Crippen LogP contribution in [0.15, 0.2) is 4.99 Å². The second kappa shape index (κ2) is 5.96. The molecule has 1 aliphatic heterocycles. The van der Waals surface area contributed by atoms with Crippen LogP contribution in [0.3, 0.4) is 0 Å². The maximum atomic E-state index is 13.5. The van der Waals surface area contributed by atoms with Gasteiger partial charge in [0.25, 0.3) is 0 Å². The van der Waals surface area contributed by atoms with Gasteiger partial charge in [-0.1, -0.05) is 0 Å². The fraction of sp³-hybridized carbons (Fsp3) is 0.889. The van der Waals surface area contributed by atoms with E-state index in [0.717, 1.165) is 19.3 Å². The molecule has 4 unspecified atom stereocenters. The maximum Gasteiger partial charge on any atom is 0.207 e. The highest BCUT2D eigenvalue weighted by Gasteiger charge is 2.55. The minimum absolute atomic E-state index is 0.0642. The van der Waals surface area contributed by atoms with Gasteiger partial charge in [0.15, 0.2) is 0 Å². The second-order valence-electron chi connectivity index (χ2n) is 8.52. The number of hydrogen-bond acceptors (Lipinski definition) is 4. The van der Waals surface area contributed by atoms with Gasteiger partial charge in [-0.2, -0.15) is 10.3 Å². The van der Waals surface area contributed by atoms with Crippen molar-refractivity contribution in [2.24, 2.45) is 22.7 Å². The number of aliphatic imine (C=N–C) groups is 1. The van der Waals surface area contributed by atoms with Crippen molar-refractivity contribution in [2.75, 3.05) is 13.1 Å². The normalized spacial score (nSPS) is 46.1. The largest absolute Gasteiger partial charge is 0.390 e. The smallest absolute Gasteiger partial charge is 0.207 e. The third-order valence-electron chi connectivity index (χ3n) is 6.83. The van der Waals surface area contributed by atoms with Gasteiger partial charge in [0, 0.05) is 19.1 Å². The number of nitriles is 1. The van der Waals surface area contributed by atoms with Gasteiger partial charge < -0.3 is 10.4 Å². The summed E-state index contributed by atoms with van der Waals surface area (Å²) in [5.74, 6) is 2.26. The SMILES string of the molecule is CC(/C(=N\C#N)NC1C2CC3CC1CC(O)(C3)C2)N1CCC(F)C1. The standard InChI is InChI=1S/C18H27FN4O/c1-11(23-3-2-15(19)9-23)17(21-10-20)22-16-13-4-12-5-14(16)8-18(24,6-12)7-13/h11-16,24H,2-9H2,1H3,(H,21,22). The lowest BCUT2D eigenvalue weighted by molar-refractivity contribution is -0.136. The minimum atomic E-state index is -0.772. The molecule has 0 aromatic heterocycles. The van der Waals surface area contributed by atoms with Gasteiger partial charge in [-0.25, -0.2) is 4.39 Å². The van der Waals surface area contributed by atoms with Crippen molar-refractivity contribution in [2.45, 2.75) is 69.3 Å². The Morgan fingerprint density at radius 1 is 1.38 bits per heavy atom. The maximum absolute atomic E-state index is 13.5. The van der Waals surface area contributed by atoms with E-state index in [2.05, 4.69) is 15.2 Å². The summed E-state index contributed by atoms with van der Waals surface area (Å²) in [6.45, 7) is 3.14. The van der Waals surface area contributed by atoms with Gasteiger partial charge in [-0.15, -0.1) is 0 Å². The first-order chi connectivity index (χ1) is 11.5. The molecule has 6 heteroatoms. The highest BCUT2D eigenvalue weighted by molar-refractivity contribution is 5.88. The van der Waals surface area contributed by atoms with Gasteiger partial charge in [-0.05, 0) is 63.2 Å². The average molecular weight is 334 g/mol. The van der Waals surface area contributed by atoms with E-state index < -0.39 is 11.8 Å². The van der Waals surface area contributed by atoms with E-state index in [1.54, 1.807) is 0 Å². The van der Waals surface area contributed by atoms with Crippen LogP contribution in [0.5, 0.6) is 0 Å². The highest BCUT2D eigenvalue weighted by atomic mass is 19.1. The van der Waals surface area contributed by atoms with Crippen LogP contribution in [-0.4, -0.2) is 52.8 Å². The summed E-state index contributed by atoms with van der Waals surface area (Å²) in [6.07, 6.45) is 6.74.